The maximum absolute atomic E-state index is 12.8. The second-order valence-corrected chi connectivity index (χ2v) is 7.94. The summed E-state index contributed by atoms with van der Waals surface area (Å²) >= 11 is 0. The summed E-state index contributed by atoms with van der Waals surface area (Å²) in [4.78, 5) is 48.5. The Morgan fingerprint density at radius 3 is 2.44 bits per heavy atom. The minimum absolute atomic E-state index is 0.0374. The average molecular weight is 475 g/mol. The zero-order valence-electron chi connectivity index (χ0n) is 20.0. The standard InChI is InChI=1S/C23H29N3O8/c1-7-33-22(28)19(12(2)3)25-23(29)34-20-14(5)24-13(4)17(21(27)32-6)18(20)15-9-8-10-16(11-15)26(30)31/h8-12,18-19,24H,7H2,1-6H3,(H,25,29)/t18-,19+/m0/s1. The van der Waals surface area contributed by atoms with E-state index in [-0.39, 0.29) is 29.5 Å². The SMILES string of the molecule is CCOC(=O)[C@H](NC(=O)OC1=C(C)NC(C)=C(C(=O)OC)[C@@H]1c1cccc([N+](=O)[O-])c1)C(C)C. The van der Waals surface area contributed by atoms with E-state index >= 15 is 0 Å². The van der Waals surface area contributed by atoms with Crippen LogP contribution in [0.4, 0.5) is 10.5 Å². The van der Waals surface area contributed by atoms with Crippen molar-refractivity contribution in [1.82, 2.24) is 10.6 Å². The average Bonchev–Trinajstić information content (AvgIpc) is 2.78. The van der Waals surface area contributed by atoms with E-state index in [4.69, 9.17) is 14.2 Å². The zero-order valence-corrected chi connectivity index (χ0v) is 20.0. The van der Waals surface area contributed by atoms with Gasteiger partial charge in [0.15, 0.2) is 0 Å². The fourth-order valence-electron chi connectivity index (χ4n) is 3.61. The van der Waals surface area contributed by atoms with Crippen LogP contribution in [-0.2, 0) is 23.8 Å². The number of rotatable bonds is 8. The van der Waals surface area contributed by atoms with Crippen LogP contribution < -0.4 is 10.6 Å². The highest BCUT2D eigenvalue weighted by Gasteiger charge is 2.37. The van der Waals surface area contributed by atoms with E-state index in [1.165, 1.54) is 25.3 Å². The van der Waals surface area contributed by atoms with Crippen molar-refractivity contribution >= 4 is 23.7 Å². The molecule has 1 aliphatic rings. The Morgan fingerprint density at radius 1 is 1.21 bits per heavy atom. The number of carbonyl (C=O) groups excluding carboxylic acids is 3. The lowest BCUT2D eigenvalue weighted by Gasteiger charge is -2.30. The van der Waals surface area contributed by atoms with Crippen molar-refractivity contribution in [2.45, 2.75) is 46.6 Å². The van der Waals surface area contributed by atoms with Gasteiger partial charge in [-0.15, -0.1) is 0 Å². The Hall–Kier alpha value is -3.89. The third-order valence-corrected chi connectivity index (χ3v) is 5.20. The van der Waals surface area contributed by atoms with Crippen LogP contribution in [0, 0.1) is 16.0 Å². The minimum atomic E-state index is -0.973. The van der Waals surface area contributed by atoms with Gasteiger partial charge < -0.3 is 24.8 Å². The summed E-state index contributed by atoms with van der Waals surface area (Å²) in [5.41, 5.74) is 1.14. The van der Waals surface area contributed by atoms with Gasteiger partial charge in [0.25, 0.3) is 5.69 Å². The van der Waals surface area contributed by atoms with Crippen LogP contribution in [0.3, 0.4) is 0 Å². The molecule has 1 aliphatic heterocycles. The smallest absolute Gasteiger partial charge is 0.413 e. The van der Waals surface area contributed by atoms with E-state index in [0.29, 0.717) is 17.0 Å². The zero-order chi connectivity index (χ0) is 25.6. The van der Waals surface area contributed by atoms with Gasteiger partial charge in [-0.05, 0) is 32.3 Å². The molecule has 0 aliphatic carbocycles. The van der Waals surface area contributed by atoms with Gasteiger partial charge in [-0.25, -0.2) is 14.4 Å². The molecule has 34 heavy (non-hydrogen) atoms. The third-order valence-electron chi connectivity index (χ3n) is 5.20. The van der Waals surface area contributed by atoms with Crippen molar-refractivity contribution in [3.05, 3.63) is 62.7 Å². The number of ether oxygens (including phenoxy) is 3. The molecule has 2 rings (SSSR count). The summed E-state index contributed by atoms with van der Waals surface area (Å²) in [6.07, 6.45) is -0.942. The molecule has 1 aromatic rings. The van der Waals surface area contributed by atoms with Gasteiger partial charge in [-0.1, -0.05) is 26.0 Å². The summed E-state index contributed by atoms with van der Waals surface area (Å²) < 4.78 is 15.5. The third kappa shape index (κ3) is 5.91. The van der Waals surface area contributed by atoms with Gasteiger partial charge >= 0.3 is 18.0 Å². The molecule has 0 saturated carbocycles. The van der Waals surface area contributed by atoms with Gasteiger partial charge in [0.1, 0.15) is 11.8 Å². The van der Waals surface area contributed by atoms with E-state index in [0.717, 1.165) is 0 Å². The molecule has 1 aromatic carbocycles. The first kappa shape index (κ1) is 26.4. The number of hydrogen-bond donors (Lipinski definition) is 2. The number of carbonyl (C=O) groups is 3. The predicted octanol–water partition coefficient (Wildman–Crippen LogP) is 3.27. The molecule has 2 atom stereocenters. The summed E-state index contributed by atoms with van der Waals surface area (Å²) in [5.74, 6) is -2.52. The largest absolute Gasteiger partial charge is 0.466 e. The molecule has 11 heteroatoms. The van der Waals surface area contributed by atoms with Crippen LogP contribution in [0.1, 0.15) is 46.1 Å². The van der Waals surface area contributed by atoms with E-state index in [9.17, 15) is 24.5 Å². The normalized spacial score (nSPS) is 16.5. The predicted molar refractivity (Wildman–Crippen MR) is 121 cm³/mol. The number of non-ortho nitro benzene ring substituents is 1. The minimum Gasteiger partial charge on any atom is -0.466 e. The van der Waals surface area contributed by atoms with Crippen molar-refractivity contribution in [3.63, 3.8) is 0 Å². The lowest BCUT2D eigenvalue weighted by atomic mass is 9.85. The number of dihydropyridines is 1. The number of alkyl carbamates (subject to hydrolysis) is 1. The maximum Gasteiger partial charge on any atom is 0.413 e. The molecule has 0 unspecified atom stereocenters. The fourth-order valence-corrected chi connectivity index (χ4v) is 3.61. The molecule has 0 spiro atoms. The van der Waals surface area contributed by atoms with Gasteiger partial charge in [-0.3, -0.25) is 10.1 Å². The molecule has 0 radical (unpaired) electrons. The molecular formula is C23H29N3O8. The molecule has 0 aromatic heterocycles. The van der Waals surface area contributed by atoms with Gasteiger partial charge in [-0.2, -0.15) is 0 Å². The summed E-state index contributed by atoms with van der Waals surface area (Å²) in [6, 6.07) is 4.72. The number of nitrogens with zero attached hydrogens (tertiary/aromatic N) is 1. The van der Waals surface area contributed by atoms with Gasteiger partial charge in [0.2, 0.25) is 0 Å². The molecule has 0 bridgehead atoms. The summed E-state index contributed by atoms with van der Waals surface area (Å²) in [5, 5.41) is 16.8. The Bertz CT molecular complexity index is 1040. The van der Waals surface area contributed by atoms with Crippen molar-refractivity contribution in [1.29, 1.82) is 0 Å². The number of amides is 1. The maximum atomic E-state index is 12.8. The lowest BCUT2D eigenvalue weighted by molar-refractivity contribution is -0.384. The molecule has 1 heterocycles. The van der Waals surface area contributed by atoms with E-state index in [2.05, 4.69) is 10.6 Å². The molecular weight excluding hydrogens is 446 g/mol. The molecule has 2 N–H and O–H groups in total. The molecule has 1 amide bonds. The number of nitro benzene ring substituents is 1. The van der Waals surface area contributed by atoms with Crippen LogP contribution in [-0.4, -0.2) is 42.7 Å². The fraction of sp³-hybridized carbons (Fsp3) is 0.435. The number of nitrogens with one attached hydrogen (secondary N) is 2. The first-order valence-corrected chi connectivity index (χ1v) is 10.7. The number of esters is 2. The monoisotopic (exact) mass is 475 g/mol. The van der Waals surface area contributed by atoms with E-state index < -0.39 is 34.9 Å². The van der Waals surface area contributed by atoms with Crippen molar-refractivity contribution in [2.75, 3.05) is 13.7 Å². The van der Waals surface area contributed by atoms with Crippen LogP contribution >= 0.6 is 0 Å². The highest BCUT2D eigenvalue weighted by molar-refractivity contribution is 5.92. The van der Waals surface area contributed by atoms with E-state index in [1.807, 2.05) is 0 Å². The molecule has 0 fully saturated rings. The van der Waals surface area contributed by atoms with Crippen LogP contribution in [0.15, 0.2) is 47.0 Å². The number of nitro groups is 1. The quantitative estimate of drug-likeness (QED) is 0.250. The highest BCUT2D eigenvalue weighted by atomic mass is 16.6. The van der Waals surface area contributed by atoms with Crippen LogP contribution in [0.25, 0.3) is 0 Å². The molecule has 0 saturated heterocycles. The summed E-state index contributed by atoms with van der Waals surface area (Å²) in [7, 11) is 1.21. The molecule has 11 nitrogen and oxygen atoms in total. The topological polar surface area (TPSA) is 146 Å². The highest BCUT2D eigenvalue weighted by Crippen LogP contribution is 2.40. The van der Waals surface area contributed by atoms with E-state index in [1.54, 1.807) is 40.7 Å². The Balaban J connectivity index is 2.49. The number of allylic oxidation sites excluding steroid dienone is 3. The van der Waals surface area contributed by atoms with Gasteiger partial charge in [0, 0.05) is 17.8 Å². The first-order valence-electron chi connectivity index (χ1n) is 10.7. The molecule has 184 valence electrons. The number of methoxy groups -OCH3 is 1. The second kappa shape index (κ2) is 11.3. The van der Waals surface area contributed by atoms with Crippen molar-refractivity contribution < 1.29 is 33.5 Å². The number of benzene rings is 1. The lowest BCUT2D eigenvalue weighted by Crippen LogP contribution is -2.46. The Labute approximate surface area is 197 Å². The van der Waals surface area contributed by atoms with Crippen molar-refractivity contribution in [2.24, 2.45) is 5.92 Å². The van der Waals surface area contributed by atoms with Gasteiger partial charge in [0.05, 0.1) is 35.8 Å². The number of hydrogen-bond acceptors (Lipinski definition) is 9. The Kier molecular flexibility index (Phi) is 8.76. The Morgan fingerprint density at radius 2 is 1.88 bits per heavy atom. The van der Waals surface area contributed by atoms with Crippen LogP contribution in [0.5, 0.6) is 0 Å². The summed E-state index contributed by atoms with van der Waals surface area (Å²) in [6.45, 7) is 8.56. The first-order chi connectivity index (χ1) is 16.0. The van der Waals surface area contributed by atoms with Crippen LogP contribution in [0.2, 0.25) is 0 Å². The second-order valence-electron chi connectivity index (χ2n) is 7.94. The van der Waals surface area contributed by atoms with Crippen molar-refractivity contribution in [3.8, 4) is 0 Å².